The summed E-state index contributed by atoms with van der Waals surface area (Å²) in [6.07, 6.45) is 3.97. The summed E-state index contributed by atoms with van der Waals surface area (Å²) in [5.74, 6) is 1.17. The molecule has 3 fully saturated rings. The van der Waals surface area contributed by atoms with Crippen molar-refractivity contribution >= 4 is 5.91 Å². The predicted octanol–water partition coefficient (Wildman–Crippen LogP) is 2.47. The van der Waals surface area contributed by atoms with E-state index in [4.69, 9.17) is 4.42 Å². The van der Waals surface area contributed by atoms with Crippen LogP contribution in [0.4, 0.5) is 0 Å². The number of oxazole rings is 1. The topological polar surface area (TPSA) is 58.4 Å². The number of fused-ring (bicyclic) bond motifs is 3. The van der Waals surface area contributed by atoms with E-state index in [1.807, 2.05) is 31.2 Å². The number of piperidine rings is 3. The quantitative estimate of drug-likeness (QED) is 0.946. The summed E-state index contributed by atoms with van der Waals surface area (Å²) in [5, 5.41) is 3.11. The van der Waals surface area contributed by atoms with Crippen LogP contribution in [-0.4, -0.2) is 41.5 Å². The van der Waals surface area contributed by atoms with E-state index in [1.165, 1.54) is 12.8 Å². The molecular weight excluding hydrogens is 290 g/mol. The minimum absolute atomic E-state index is 0.151. The van der Waals surface area contributed by atoms with Crippen LogP contribution < -0.4 is 5.32 Å². The van der Waals surface area contributed by atoms with Crippen molar-refractivity contribution in [3.63, 3.8) is 0 Å². The molecule has 5 heteroatoms. The minimum Gasteiger partial charge on any atom is -0.432 e. The maximum atomic E-state index is 12.4. The second kappa shape index (κ2) is 5.81. The van der Waals surface area contributed by atoms with Crippen LogP contribution in [0.1, 0.15) is 29.1 Å². The summed E-state index contributed by atoms with van der Waals surface area (Å²) in [4.78, 5) is 19.0. The van der Waals surface area contributed by atoms with Gasteiger partial charge in [0.15, 0.2) is 5.76 Å². The fourth-order valence-electron chi connectivity index (χ4n) is 3.67. The van der Waals surface area contributed by atoms with Crippen molar-refractivity contribution in [3.8, 4) is 11.3 Å². The summed E-state index contributed by atoms with van der Waals surface area (Å²) >= 11 is 0. The normalized spacial score (nSPS) is 26.2. The zero-order valence-corrected chi connectivity index (χ0v) is 13.3. The Morgan fingerprint density at radius 3 is 2.87 bits per heavy atom. The van der Waals surface area contributed by atoms with Crippen LogP contribution >= 0.6 is 0 Å². The van der Waals surface area contributed by atoms with Gasteiger partial charge in [0, 0.05) is 18.2 Å². The summed E-state index contributed by atoms with van der Waals surface area (Å²) in [5.41, 5.74) is 2.09. The molecule has 1 aromatic carbocycles. The molecule has 3 saturated heterocycles. The van der Waals surface area contributed by atoms with E-state index >= 15 is 0 Å². The van der Waals surface area contributed by atoms with Crippen molar-refractivity contribution in [3.05, 3.63) is 41.9 Å². The number of aromatic nitrogens is 1. The Morgan fingerprint density at radius 1 is 1.35 bits per heavy atom. The zero-order chi connectivity index (χ0) is 15.8. The third kappa shape index (κ3) is 2.88. The summed E-state index contributed by atoms with van der Waals surface area (Å²) in [6, 6.07) is 8.21. The SMILES string of the molecule is Cc1cccc(-c2cnc(C(=O)N[C@H]3CN4CCC3CC4)o2)c1. The molecule has 5 nitrogen and oxygen atoms in total. The van der Waals surface area contributed by atoms with Gasteiger partial charge in [-0.15, -0.1) is 0 Å². The number of hydrogen-bond donors (Lipinski definition) is 1. The van der Waals surface area contributed by atoms with Crippen molar-refractivity contribution < 1.29 is 9.21 Å². The maximum absolute atomic E-state index is 12.4. The Labute approximate surface area is 135 Å². The van der Waals surface area contributed by atoms with Gasteiger partial charge in [0.1, 0.15) is 0 Å². The zero-order valence-electron chi connectivity index (χ0n) is 13.3. The largest absolute Gasteiger partial charge is 0.432 e. The molecule has 1 atom stereocenters. The number of hydrogen-bond acceptors (Lipinski definition) is 4. The summed E-state index contributed by atoms with van der Waals surface area (Å²) in [7, 11) is 0. The molecule has 5 rings (SSSR count). The number of rotatable bonds is 3. The average Bonchev–Trinajstić information content (AvgIpc) is 3.06. The van der Waals surface area contributed by atoms with E-state index in [0.29, 0.717) is 11.7 Å². The smallest absolute Gasteiger partial charge is 0.307 e. The van der Waals surface area contributed by atoms with Gasteiger partial charge < -0.3 is 14.6 Å². The van der Waals surface area contributed by atoms with E-state index < -0.39 is 0 Å². The fourth-order valence-corrected chi connectivity index (χ4v) is 3.67. The van der Waals surface area contributed by atoms with Crippen molar-refractivity contribution in [1.29, 1.82) is 0 Å². The second-order valence-electron chi connectivity index (χ2n) is 6.62. The van der Waals surface area contributed by atoms with Crippen LogP contribution in [0.2, 0.25) is 0 Å². The molecule has 4 heterocycles. The molecule has 1 aromatic heterocycles. The van der Waals surface area contributed by atoms with Crippen molar-refractivity contribution in [1.82, 2.24) is 15.2 Å². The highest BCUT2D eigenvalue weighted by atomic mass is 16.4. The van der Waals surface area contributed by atoms with Crippen LogP contribution in [-0.2, 0) is 0 Å². The number of nitrogens with zero attached hydrogens (tertiary/aromatic N) is 2. The first-order valence-electron chi connectivity index (χ1n) is 8.25. The average molecular weight is 311 g/mol. The molecule has 2 bridgehead atoms. The first kappa shape index (κ1) is 14.5. The molecule has 3 aliphatic heterocycles. The highest BCUT2D eigenvalue weighted by Crippen LogP contribution is 2.28. The van der Waals surface area contributed by atoms with Crippen LogP contribution in [0.3, 0.4) is 0 Å². The molecule has 1 N–H and O–H groups in total. The molecule has 120 valence electrons. The highest BCUT2D eigenvalue weighted by molar-refractivity contribution is 5.90. The van der Waals surface area contributed by atoms with Gasteiger partial charge in [-0.25, -0.2) is 4.98 Å². The summed E-state index contributed by atoms with van der Waals surface area (Å²) < 4.78 is 5.67. The Morgan fingerprint density at radius 2 is 2.17 bits per heavy atom. The molecule has 23 heavy (non-hydrogen) atoms. The van der Waals surface area contributed by atoms with Crippen LogP contribution in [0.15, 0.2) is 34.9 Å². The number of nitrogens with one attached hydrogen (secondary N) is 1. The van der Waals surface area contributed by atoms with Crippen molar-refractivity contribution in [2.75, 3.05) is 19.6 Å². The Balaban J connectivity index is 1.47. The van der Waals surface area contributed by atoms with Crippen molar-refractivity contribution in [2.45, 2.75) is 25.8 Å². The Bertz CT molecular complexity index is 717. The second-order valence-corrected chi connectivity index (χ2v) is 6.62. The van der Waals surface area contributed by atoms with Crippen LogP contribution in [0, 0.1) is 12.8 Å². The number of benzene rings is 1. The number of carbonyl (C=O) groups is 1. The van der Waals surface area contributed by atoms with Crippen LogP contribution in [0.25, 0.3) is 11.3 Å². The first-order valence-corrected chi connectivity index (χ1v) is 8.25. The lowest BCUT2D eigenvalue weighted by Crippen LogP contribution is -2.57. The van der Waals surface area contributed by atoms with E-state index in [1.54, 1.807) is 6.20 Å². The third-order valence-electron chi connectivity index (χ3n) is 4.98. The molecule has 0 radical (unpaired) electrons. The van der Waals surface area contributed by atoms with Gasteiger partial charge in [-0.2, -0.15) is 0 Å². The lowest BCUT2D eigenvalue weighted by molar-refractivity contribution is 0.0602. The van der Waals surface area contributed by atoms with Gasteiger partial charge in [0.2, 0.25) is 0 Å². The third-order valence-corrected chi connectivity index (χ3v) is 4.98. The minimum atomic E-state index is -0.206. The van der Waals surface area contributed by atoms with Crippen LogP contribution in [0.5, 0.6) is 0 Å². The highest BCUT2D eigenvalue weighted by Gasteiger charge is 2.35. The lowest BCUT2D eigenvalue weighted by atomic mass is 9.84. The molecule has 0 unspecified atom stereocenters. The fraction of sp³-hybridized carbons (Fsp3) is 0.444. The monoisotopic (exact) mass is 311 g/mol. The van der Waals surface area contributed by atoms with E-state index in [0.717, 1.165) is 30.8 Å². The maximum Gasteiger partial charge on any atom is 0.307 e. The Kier molecular flexibility index (Phi) is 3.65. The molecule has 0 saturated carbocycles. The number of amides is 1. The van der Waals surface area contributed by atoms with Gasteiger partial charge in [0.05, 0.1) is 6.20 Å². The number of aryl methyl sites for hydroxylation is 1. The molecular formula is C18H21N3O2. The van der Waals surface area contributed by atoms with Gasteiger partial charge in [0.25, 0.3) is 5.89 Å². The van der Waals surface area contributed by atoms with E-state index in [9.17, 15) is 4.79 Å². The molecule has 2 aromatic rings. The standard InChI is InChI=1S/C18H21N3O2/c1-12-3-2-4-14(9-12)16-10-19-18(23-16)17(22)20-15-11-21-7-5-13(15)6-8-21/h2-4,9-10,13,15H,5-8,11H2,1H3,(H,20,22)/t15-/m0/s1. The van der Waals surface area contributed by atoms with E-state index in [2.05, 4.69) is 15.2 Å². The van der Waals surface area contributed by atoms with Crippen molar-refractivity contribution in [2.24, 2.45) is 5.92 Å². The molecule has 1 amide bonds. The predicted molar refractivity (Wildman–Crippen MR) is 87.1 cm³/mol. The first-order chi connectivity index (χ1) is 11.2. The van der Waals surface area contributed by atoms with E-state index in [-0.39, 0.29) is 17.8 Å². The molecule has 0 aliphatic carbocycles. The summed E-state index contributed by atoms with van der Waals surface area (Å²) in [6.45, 7) is 5.30. The Hall–Kier alpha value is -2.14. The number of carbonyl (C=O) groups excluding carboxylic acids is 1. The van der Waals surface area contributed by atoms with Gasteiger partial charge in [-0.1, -0.05) is 23.8 Å². The molecule has 0 spiro atoms. The van der Waals surface area contributed by atoms with Gasteiger partial charge in [-0.3, -0.25) is 4.79 Å². The van der Waals surface area contributed by atoms with Gasteiger partial charge in [-0.05, 0) is 44.8 Å². The lowest BCUT2D eigenvalue weighted by Gasteiger charge is -2.44. The van der Waals surface area contributed by atoms with Gasteiger partial charge >= 0.3 is 5.91 Å². The molecule has 3 aliphatic rings.